The summed E-state index contributed by atoms with van der Waals surface area (Å²) in [7, 11) is 0. The summed E-state index contributed by atoms with van der Waals surface area (Å²) in [4.78, 5) is 23.8. The van der Waals surface area contributed by atoms with E-state index in [-0.39, 0.29) is 11.6 Å². The zero-order valence-electron chi connectivity index (χ0n) is 15.8. The summed E-state index contributed by atoms with van der Waals surface area (Å²) in [5.41, 5.74) is 1.51. The van der Waals surface area contributed by atoms with E-state index < -0.39 is 17.6 Å². The van der Waals surface area contributed by atoms with E-state index >= 15 is 0 Å². The van der Waals surface area contributed by atoms with Gasteiger partial charge in [0.2, 0.25) is 0 Å². The molecule has 2 N–H and O–H groups in total. The standard InChI is InChI=1S/C20H23ClN2O4/c1-13-7-5-6-8-16(13)22-19(25)23-17-10-9-14(11-15(17)21)26-12-18(24)27-20(2,3)4/h5-11H,12H2,1-4H3,(H2,22,23,25). The molecule has 0 radical (unpaired) electrons. The largest absolute Gasteiger partial charge is 0.482 e. The van der Waals surface area contributed by atoms with Crippen LogP contribution in [0.5, 0.6) is 5.75 Å². The molecule has 0 aromatic heterocycles. The number of nitrogens with one attached hydrogen (secondary N) is 2. The molecule has 2 rings (SSSR count). The predicted octanol–water partition coefficient (Wildman–Crippen LogP) is 5.01. The minimum Gasteiger partial charge on any atom is -0.482 e. The Morgan fingerprint density at radius 3 is 2.33 bits per heavy atom. The number of aryl methyl sites for hydroxylation is 1. The summed E-state index contributed by atoms with van der Waals surface area (Å²) >= 11 is 6.19. The van der Waals surface area contributed by atoms with E-state index in [1.54, 1.807) is 32.9 Å². The van der Waals surface area contributed by atoms with E-state index in [1.165, 1.54) is 6.07 Å². The molecule has 0 bridgehead atoms. The summed E-state index contributed by atoms with van der Waals surface area (Å²) in [5, 5.41) is 5.73. The molecule has 0 aliphatic heterocycles. The van der Waals surface area contributed by atoms with Crippen LogP contribution in [0.15, 0.2) is 42.5 Å². The fraction of sp³-hybridized carbons (Fsp3) is 0.300. The third-order valence-electron chi connectivity index (χ3n) is 3.36. The third kappa shape index (κ3) is 6.83. The van der Waals surface area contributed by atoms with Crippen molar-refractivity contribution < 1.29 is 19.1 Å². The van der Waals surface area contributed by atoms with Crippen LogP contribution < -0.4 is 15.4 Å². The first-order valence-electron chi connectivity index (χ1n) is 8.42. The van der Waals surface area contributed by atoms with Gasteiger partial charge in [-0.25, -0.2) is 9.59 Å². The van der Waals surface area contributed by atoms with Gasteiger partial charge in [-0.1, -0.05) is 29.8 Å². The molecule has 27 heavy (non-hydrogen) atoms. The van der Waals surface area contributed by atoms with Gasteiger partial charge in [-0.3, -0.25) is 0 Å². The van der Waals surface area contributed by atoms with Gasteiger partial charge in [0.05, 0.1) is 10.7 Å². The number of hydrogen-bond acceptors (Lipinski definition) is 4. The molecule has 0 atom stereocenters. The first kappa shape index (κ1) is 20.6. The Morgan fingerprint density at radius 2 is 1.70 bits per heavy atom. The van der Waals surface area contributed by atoms with Crippen molar-refractivity contribution in [3.63, 3.8) is 0 Å². The molecule has 0 unspecified atom stereocenters. The van der Waals surface area contributed by atoms with Crippen LogP contribution >= 0.6 is 11.6 Å². The number of para-hydroxylation sites is 1. The normalized spacial score (nSPS) is 10.9. The van der Waals surface area contributed by atoms with Gasteiger partial charge in [0.1, 0.15) is 11.4 Å². The summed E-state index contributed by atoms with van der Waals surface area (Å²) in [6.45, 7) is 7.02. The highest BCUT2D eigenvalue weighted by Crippen LogP contribution is 2.27. The molecule has 0 spiro atoms. The van der Waals surface area contributed by atoms with Crippen LogP contribution in [0, 0.1) is 6.92 Å². The van der Waals surface area contributed by atoms with Crippen LogP contribution in [0.1, 0.15) is 26.3 Å². The number of amides is 2. The highest BCUT2D eigenvalue weighted by atomic mass is 35.5. The highest BCUT2D eigenvalue weighted by molar-refractivity contribution is 6.34. The van der Waals surface area contributed by atoms with Crippen molar-refractivity contribution in [3.05, 3.63) is 53.1 Å². The number of benzene rings is 2. The molecule has 0 fully saturated rings. The first-order chi connectivity index (χ1) is 12.6. The molecule has 0 saturated carbocycles. The van der Waals surface area contributed by atoms with Crippen LogP contribution in [-0.2, 0) is 9.53 Å². The Kier molecular flexibility index (Phi) is 6.69. The van der Waals surface area contributed by atoms with Crippen LogP contribution in [0.2, 0.25) is 5.02 Å². The molecule has 2 aromatic rings. The lowest BCUT2D eigenvalue weighted by Gasteiger charge is -2.19. The van der Waals surface area contributed by atoms with Crippen molar-refractivity contribution in [3.8, 4) is 5.75 Å². The van der Waals surface area contributed by atoms with Crippen molar-refractivity contribution in [1.29, 1.82) is 0 Å². The average molecular weight is 391 g/mol. The topological polar surface area (TPSA) is 76.7 Å². The maximum atomic E-state index is 12.1. The van der Waals surface area contributed by atoms with Crippen LogP contribution in [-0.4, -0.2) is 24.2 Å². The van der Waals surface area contributed by atoms with Gasteiger partial charge >= 0.3 is 12.0 Å². The van der Waals surface area contributed by atoms with Gasteiger partial charge in [0.15, 0.2) is 6.61 Å². The van der Waals surface area contributed by atoms with Gasteiger partial charge in [0.25, 0.3) is 0 Å². The molecule has 0 saturated heterocycles. The summed E-state index contributed by atoms with van der Waals surface area (Å²) < 4.78 is 10.5. The minimum atomic E-state index is -0.573. The predicted molar refractivity (Wildman–Crippen MR) is 107 cm³/mol. The van der Waals surface area contributed by atoms with Gasteiger partial charge in [-0.05, 0) is 51.5 Å². The van der Waals surface area contributed by atoms with Crippen molar-refractivity contribution >= 4 is 35.0 Å². The Labute approximate surface area is 163 Å². The number of esters is 1. The van der Waals surface area contributed by atoms with E-state index in [0.717, 1.165) is 5.56 Å². The molecule has 6 nitrogen and oxygen atoms in total. The second-order valence-corrected chi connectivity index (χ2v) is 7.32. The maximum Gasteiger partial charge on any atom is 0.344 e. The molecule has 144 valence electrons. The fourth-order valence-corrected chi connectivity index (χ4v) is 2.41. The molecule has 2 amide bonds. The van der Waals surface area contributed by atoms with E-state index in [2.05, 4.69) is 10.6 Å². The number of anilines is 2. The number of urea groups is 1. The second-order valence-electron chi connectivity index (χ2n) is 6.91. The van der Waals surface area contributed by atoms with Crippen molar-refractivity contribution in [1.82, 2.24) is 0 Å². The van der Waals surface area contributed by atoms with Crippen LogP contribution in [0.25, 0.3) is 0 Å². The van der Waals surface area contributed by atoms with E-state index in [9.17, 15) is 9.59 Å². The number of carbonyl (C=O) groups excluding carboxylic acids is 2. The number of rotatable bonds is 5. The van der Waals surface area contributed by atoms with Gasteiger partial charge in [-0.15, -0.1) is 0 Å². The van der Waals surface area contributed by atoms with Crippen molar-refractivity contribution in [2.45, 2.75) is 33.3 Å². The number of halogens is 1. The van der Waals surface area contributed by atoms with E-state index in [1.807, 2.05) is 31.2 Å². The van der Waals surface area contributed by atoms with Gasteiger partial charge in [0, 0.05) is 11.8 Å². The molecule has 7 heteroatoms. The zero-order chi connectivity index (χ0) is 20.0. The summed E-state index contributed by atoms with van der Waals surface area (Å²) in [6.07, 6.45) is 0. The van der Waals surface area contributed by atoms with Gasteiger partial charge < -0.3 is 20.1 Å². The lowest BCUT2D eigenvalue weighted by atomic mass is 10.2. The molecule has 0 aliphatic carbocycles. The smallest absolute Gasteiger partial charge is 0.344 e. The second kappa shape index (κ2) is 8.77. The SMILES string of the molecule is Cc1ccccc1NC(=O)Nc1ccc(OCC(=O)OC(C)(C)C)cc1Cl. The summed E-state index contributed by atoms with van der Waals surface area (Å²) in [6, 6.07) is 11.8. The van der Waals surface area contributed by atoms with Crippen molar-refractivity contribution in [2.24, 2.45) is 0 Å². The zero-order valence-corrected chi connectivity index (χ0v) is 16.5. The first-order valence-corrected chi connectivity index (χ1v) is 8.80. The van der Waals surface area contributed by atoms with E-state index in [0.29, 0.717) is 17.1 Å². The van der Waals surface area contributed by atoms with E-state index in [4.69, 9.17) is 21.1 Å². The third-order valence-corrected chi connectivity index (χ3v) is 3.67. The minimum absolute atomic E-state index is 0.228. The average Bonchev–Trinajstić information content (AvgIpc) is 2.56. The fourth-order valence-electron chi connectivity index (χ4n) is 2.19. The summed E-state index contributed by atoms with van der Waals surface area (Å²) in [5.74, 6) is -0.0749. The van der Waals surface area contributed by atoms with Crippen LogP contribution in [0.4, 0.5) is 16.2 Å². The molecular formula is C20H23ClN2O4. The van der Waals surface area contributed by atoms with Gasteiger partial charge in [-0.2, -0.15) is 0 Å². The number of hydrogen-bond donors (Lipinski definition) is 2. The Balaban J connectivity index is 1.93. The van der Waals surface area contributed by atoms with Crippen LogP contribution in [0.3, 0.4) is 0 Å². The Morgan fingerprint density at radius 1 is 1.04 bits per heavy atom. The highest BCUT2D eigenvalue weighted by Gasteiger charge is 2.17. The molecule has 0 aliphatic rings. The lowest BCUT2D eigenvalue weighted by Crippen LogP contribution is -2.27. The monoisotopic (exact) mass is 390 g/mol. The number of carbonyl (C=O) groups is 2. The Bertz CT molecular complexity index is 831. The molecular weight excluding hydrogens is 368 g/mol. The molecule has 2 aromatic carbocycles. The quantitative estimate of drug-likeness (QED) is 0.703. The lowest BCUT2D eigenvalue weighted by molar-refractivity contribution is -0.157. The maximum absolute atomic E-state index is 12.1. The Hall–Kier alpha value is -2.73. The van der Waals surface area contributed by atoms with Crippen molar-refractivity contribution in [2.75, 3.05) is 17.2 Å². The number of ether oxygens (including phenoxy) is 2. The molecule has 0 heterocycles.